The molecular formula is C26H31N9O2S. The van der Waals surface area contributed by atoms with Gasteiger partial charge in [-0.3, -0.25) is 9.88 Å². The first kappa shape index (κ1) is 24.9. The first-order valence-corrected chi connectivity index (χ1v) is 13.7. The minimum atomic E-state index is 0.185. The zero-order valence-corrected chi connectivity index (χ0v) is 22.2. The monoisotopic (exact) mass is 533 g/mol. The summed E-state index contributed by atoms with van der Waals surface area (Å²) < 4.78 is 6.50. The van der Waals surface area contributed by atoms with Crippen LogP contribution >= 0.6 is 11.3 Å². The maximum absolute atomic E-state index is 9.19. The molecule has 0 amide bonds. The van der Waals surface area contributed by atoms with Crippen LogP contribution in [0, 0.1) is 6.92 Å². The third-order valence-electron chi connectivity index (χ3n) is 6.79. The molecule has 4 aromatic heterocycles. The first-order chi connectivity index (χ1) is 18.6. The van der Waals surface area contributed by atoms with Crippen LogP contribution in [0.25, 0.3) is 20.8 Å². The van der Waals surface area contributed by atoms with Gasteiger partial charge in [0.2, 0.25) is 5.95 Å². The maximum Gasteiger partial charge on any atom is 0.227 e. The van der Waals surface area contributed by atoms with Gasteiger partial charge in [0, 0.05) is 81.6 Å². The van der Waals surface area contributed by atoms with Gasteiger partial charge in [0.25, 0.3) is 0 Å². The van der Waals surface area contributed by atoms with Crippen molar-refractivity contribution in [2.45, 2.75) is 6.92 Å². The van der Waals surface area contributed by atoms with E-state index in [0.717, 1.165) is 84.7 Å². The lowest BCUT2D eigenvalue weighted by molar-refractivity contribution is 0.122. The highest BCUT2D eigenvalue weighted by atomic mass is 32.1. The minimum Gasteiger partial charge on any atom is -0.395 e. The van der Waals surface area contributed by atoms with E-state index >= 15 is 0 Å². The van der Waals surface area contributed by atoms with Crippen molar-refractivity contribution in [3.8, 4) is 10.6 Å². The van der Waals surface area contributed by atoms with E-state index in [1.165, 1.54) is 0 Å². The molecule has 6 rings (SSSR count). The minimum absolute atomic E-state index is 0.185. The highest BCUT2D eigenvalue weighted by Crippen LogP contribution is 2.32. The molecule has 2 aliphatic rings. The number of aliphatic hydroxyl groups is 1. The Hall–Kier alpha value is -3.45. The summed E-state index contributed by atoms with van der Waals surface area (Å²) in [4.78, 5) is 30.1. The van der Waals surface area contributed by atoms with Crippen LogP contribution in [0.3, 0.4) is 0 Å². The Morgan fingerprint density at radius 1 is 0.921 bits per heavy atom. The van der Waals surface area contributed by atoms with Gasteiger partial charge in [0.05, 0.1) is 41.9 Å². The summed E-state index contributed by atoms with van der Waals surface area (Å²) >= 11 is 1.61. The van der Waals surface area contributed by atoms with Crippen molar-refractivity contribution in [3.05, 3.63) is 42.5 Å². The zero-order valence-electron chi connectivity index (χ0n) is 21.4. The van der Waals surface area contributed by atoms with Gasteiger partial charge in [-0.1, -0.05) is 0 Å². The summed E-state index contributed by atoms with van der Waals surface area (Å²) in [5.41, 5.74) is 3.86. The number of rotatable bonds is 7. The molecular weight excluding hydrogens is 502 g/mol. The molecule has 11 nitrogen and oxygen atoms in total. The Balaban J connectivity index is 1.19. The van der Waals surface area contributed by atoms with Crippen LogP contribution in [-0.4, -0.2) is 101 Å². The van der Waals surface area contributed by atoms with Crippen molar-refractivity contribution in [1.82, 2.24) is 29.8 Å². The van der Waals surface area contributed by atoms with Crippen molar-refractivity contribution in [2.75, 3.05) is 80.8 Å². The molecule has 0 spiro atoms. The van der Waals surface area contributed by atoms with Crippen LogP contribution < -0.4 is 15.1 Å². The highest BCUT2D eigenvalue weighted by molar-refractivity contribution is 7.21. The number of piperazine rings is 1. The normalized spacial score (nSPS) is 16.8. The average molecular weight is 534 g/mol. The molecule has 12 heteroatoms. The molecule has 2 N–H and O–H groups in total. The Bertz CT molecular complexity index is 1400. The Labute approximate surface area is 225 Å². The van der Waals surface area contributed by atoms with E-state index in [2.05, 4.69) is 41.0 Å². The molecule has 0 bridgehead atoms. The van der Waals surface area contributed by atoms with Crippen LogP contribution in [0.2, 0.25) is 0 Å². The summed E-state index contributed by atoms with van der Waals surface area (Å²) in [6.45, 7) is 9.51. The van der Waals surface area contributed by atoms with E-state index in [4.69, 9.17) is 14.7 Å². The van der Waals surface area contributed by atoms with Gasteiger partial charge in [-0.2, -0.15) is 4.98 Å². The largest absolute Gasteiger partial charge is 0.395 e. The van der Waals surface area contributed by atoms with Gasteiger partial charge in [0.15, 0.2) is 0 Å². The smallest absolute Gasteiger partial charge is 0.227 e. The number of thiazole rings is 1. The molecule has 4 aromatic rings. The lowest BCUT2D eigenvalue weighted by Gasteiger charge is -2.34. The van der Waals surface area contributed by atoms with Gasteiger partial charge >= 0.3 is 0 Å². The fourth-order valence-electron chi connectivity index (χ4n) is 4.77. The van der Waals surface area contributed by atoms with Crippen molar-refractivity contribution < 1.29 is 9.84 Å². The number of hydrogen-bond acceptors (Lipinski definition) is 12. The van der Waals surface area contributed by atoms with Crippen LogP contribution in [0.4, 0.5) is 23.3 Å². The third kappa shape index (κ3) is 5.53. The molecule has 2 fully saturated rings. The number of morpholine rings is 1. The molecule has 0 aromatic carbocycles. The zero-order chi connectivity index (χ0) is 25.9. The fraction of sp³-hybridized carbons (Fsp3) is 0.423. The van der Waals surface area contributed by atoms with Gasteiger partial charge in [-0.15, -0.1) is 11.3 Å². The van der Waals surface area contributed by atoms with Gasteiger partial charge in [0.1, 0.15) is 16.6 Å². The van der Waals surface area contributed by atoms with E-state index in [-0.39, 0.29) is 6.61 Å². The number of pyridine rings is 2. The molecule has 0 radical (unpaired) electrons. The fourth-order valence-corrected chi connectivity index (χ4v) is 5.66. The van der Waals surface area contributed by atoms with Crippen LogP contribution in [-0.2, 0) is 4.74 Å². The number of ether oxygens (including phenoxy) is 1. The molecule has 0 atom stereocenters. The number of nitrogens with one attached hydrogen (secondary N) is 1. The summed E-state index contributed by atoms with van der Waals surface area (Å²) in [5.74, 6) is 2.10. The summed E-state index contributed by atoms with van der Waals surface area (Å²) in [7, 11) is 0. The van der Waals surface area contributed by atoms with E-state index < -0.39 is 0 Å². The predicted molar refractivity (Wildman–Crippen MR) is 149 cm³/mol. The molecule has 0 aliphatic carbocycles. The van der Waals surface area contributed by atoms with Crippen molar-refractivity contribution in [2.24, 2.45) is 0 Å². The van der Waals surface area contributed by atoms with E-state index in [1.807, 2.05) is 37.6 Å². The van der Waals surface area contributed by atoms with E-state index in [0.29, 0.717) is 24.1 Å². The van der Waals surface area contributed by atoms with Crippen molar-refractivity contribution >= 4 is 44.8 Å². The second kappa shape index (κ2) is 11.1. The Morgan fingerprint density at radius 2 is 1.76 bits per heavy atom. The van der Waals surface area contributed by atoms with Crippen LogP contribution in [0.5, 0.6) is 0 Å². The highest BCUT2D eigenvalue weighted by Gasteiger charge is 2.20. The Kier molecular flexibility index (Phi) is 7.27. The molecule has 0 unspecified atom stereocenters. The molecule has 2 aliphatic heterocycles. The van der Waals surface area contributed by atoms with Crippen LogP contribution in [0.15, 0.2) is 36.8 Å². The lowest BCUT2D eigenvalue weighted by Crippen LogP contribution is -2.47. The number of nitrogens with zero attached hydrogens (tertiary/aromatic N) is 8. The first-order valence-electron chi connectivity index (χ1n) is 12.9. The quantitative estimate of drug-likeness (QED) is 0.365. The number of anilines is 4. The average Bonchev–Trinajstić information content (AvgIpc) is 3.38. The van der Waals surface area contributed by atoms with Gasteiger partial charge < -0.3 is 25.0 Å². The standard InChI is InChI=1S/C26H31N9O2S/c1-18-12-24(32-26(29-18)35-4-2-33(3-5-35)6-9-36)31-23-14-21-22(17-28-23)38-25(30-21)19-13-20(16-27-15-19)34-7-10-37-11-8-34/h12-17,36H,2-11H2,1H3,(H,28,29,31,32). The number of aromatic nitrogens is 5. The van der Waals surface area contributed by atoms with Gasteiger partial charge in [-0.05, 0) is 13.0 Å². The van der Waals surface area contributed by atoms with Crippen LogP contribution in [0.1, 0.15) is 5.69 Å². The molecule has 38 heavy (non-hydrogen) atoms. The number of β-amino-alcohol motifs (C(OH)–C–C–N with tert-alkyl or cyclic N) is 1. The van der Waals surface area contributed by atoms with E-state index in [1.54, 1.807) is 11.3 Å². The summed E-state index contributed by atoms with van der Waals surface area (Å²) in [6.07, 6.45) is 5.62. The number of hydrogen-bond donors (Lipinski definition) is 2. The SMILES string of the molecule is Cc1cc(Nc2cc3nc(-c4cncc(N5CCOCC5)c4)sc3cn2)nc(N2CCN(CCO)CC2)n1. The summed E-state index contributed by atoms with van der Waals surface area (Å²) in [5, 5.41) is 13.5. The maximum atomic E-state index is 9.19. The molecule has 198 valence electrons. The number of aliphatic hydroxyl groups excluding tert-OH is 1. The molecule has 0 saturated carbocycles. The second-order valence-corrected chi connectivity index (χ2v) is 10.5. The predicted octanol–water partition coefficient (Wildman–Crippen LogP) is 2.55. The van der Waals surface area contributed by atoms with Crippen molar-refractivity contribution in [1.29, 1.82) is 0 Å². The lowest BCUT2D eigenvalue weighted by atomic mass is 10.2. The third-order valence-corrected chi connectivity index (χ3v) is 7.85. The van der Waals surface area contributed by atoms with Gasteiger partial charge in [-0.25, -0.2) is 15.0 Å². The van der Waals surface area contributed by atoms with E-state index in [9.17, 15) is 5.11 Å². The topological polar surface area (TPSA) is 116 Å². The number of fused-ring (bicyclic) bond motifs is 1. The number of aryl methyl sites for hydroxylation is 1. The Morgan fingerprint density at radius 3 is 2.58 bits per heavy atom. The molecule has 2 saturated heterocycles. The molecule has 6 heterocycles. The summed E-state index contributed by atoms with van der Waals surface area (Å²) in [6, 6.07) is 6.03. The second-order valence-electron chi connectivity index (χ2n) is 9.46. The van der Waals surface area contributed by atoms with Crippen molar-refractivity contribution in [3.63, 3.8) is 0 Å².